The van der Waals surface area contributed by atoms with Gasteiger partial charge < -0.3 is 5.11 Å². The molecule has 2 rings (SSSR count). The SMILES string of the molecule is O=C(O)c1ccccc1[C@@H](Br)c1ccc(Cl)cc1. The molecule has 0 bridgehead atoms. The average molecular weight is 326 g/mol. The van der Waals surface area contributed by atoms with E-state index in [1.54, 1.807) is 30.3 Å². The Morgan fingerprint density at radius 1 is 1.11 bits per heavy atom. The van der Waals surface area contributed by atoms with Crippen LogP contribution in [0.4, 0.5) is 0 Å². The highest BCUT2D eigenvalue weighted by Crippen LogP contribution is 2.33. The molecule has 0 saturated heterocycles. The molecule has 0 aliphatic carbocycles. The summed E-state index contributed by atoms with van der Waals surface area (Å²) in [6.45, 7) is 0. The van der Waals surface area contributed by atoms with Gasteiger partial charge in [0.05, 0.1) is 10.4 Å². The van der Waals surface area contributed by atoms with E-state index in [0.29, 0.717) is 10.6 Å². The van der Waals surface area contributed by atoms with Crippen LogP contribution in [0.5, 0.6) is 0 Å². The van der Waals surface area contributed by atoms with Crippen LogP contribution < -0.4 is 0 Å². The quantitative estimate of drug-likeness (QED) is 0.842. The third-order valence-corrected chi connectivity index (χ3v) is 3.90. The zero-order valence-electron chi connectivity index (χ0n) is 9.31. The van der Waals surface area contributed by atoms with E-state index in [4.69, 9.17) is 16.7 Å². The van der Waals surface area contributed by atoms with Gasteiger partial charge in [0.25, 0.3) is 0 Å². The van der Waals surface area contributed by atoms with E-state index < -0.39 is 5.97 Å². The van der Waals surface area contributed by atoms with Gasteiger partial charge in [0, 0.05) is 5.02 Å². The van der Waals surface area contributed by atoms with E-state index in [1.165, 1.54) is 0 Å². The maximum Gasteiger partial charge on any atom is 0.336 e. The molecule has 2 nitrogen and oxygen atoms in total. The highest BCUT2D eigenvalue weighted by molar-refractivity contribution is 9.09. The zero-order valence-corrected chi connectivity index (χ0v) is 11.6. The van der Waals surface area contributed by atoms with Gasteiger partial charge in [-0.15, -0.1) is 0 Å². The lowest BCUT2D eigenvalue weighted by Gasteiger charge is -2.13. The first-order valence-corrected chi connectivity index (χ1v) is 6.60. The van der Waals surface area contributed by atoms with Gasteiger partial charge >= 0.3 is 5.97 Å². The van der Waals surface area contributed by atoms with E-state index in [2.05, 4.69) is 15.9 Å². The third kappa shape index (κ3) is 2.74. The van der Waals surface area contributed by atoms with Gasteiger partial charge in [-0.05, 0) is 29.3 Å². The lowest BCUT2D eigenvalue weighted by atomic mass is 10.00. The molecule has 0 aliphatic rings. The smallest absolute Gasteiger partial charge is 0.336 e. The number of hydrogen-bond donors (Lipinski definition) is 1. The largest absolute Gasteiger partial charge is 0.478 e. The Hall–Kier alpha value is -1.32. The minimum Gasteiger partial charge on any atom is -0.478 e. The van der Waals surface area contributed by atoms with Crippen LogP contribution in [0.25, 0.3) is 0 Å². The van der Waals surface area contributed by atoms with Crippen molar-refractivity contribution in [3.63, 3.8) is 0 Å². The fourth-order valence-electron chi connectivity index (χ4n) is 1.72. The van der Waals surface area contributed by atoms with Gasteiger partial charge in [0.2, 0.25) is 0 Å². The molecule has 0 radical (unpaired) electrons. The number of rotatable bonds is 3. The maximum absolute atomic E-state index is 11.2. The Morgan fingerprint density at radius 3 is 2.33 bits per heavy atom. The molecule has 0 saturated carbocycles. The van der Waals surface area contributed by atoms with Crippen molar-refractivity contribution in [3.05, 3.63) is 70.2 Å². The van der Waals surface area contributed by atoms with E-state index >= 15 is 0 Å². The molecule has 92 valence electrons. The van der Waals surface area contributed by atoms with Crippen LogP contribution in [0.3, 0.4) is 0 Å². The molecule has 2 aromatic rings. The predicted octanol–water partition coefficient (Wildman–Crippen LogP) is 4.52. The van der Waals surface area contributed by atoms with Gasteiger partial charge in [-0.3, -0.25) is 0 Å². The van der Waals surface area contributed by atoms with Crippen LogP contribution in [0.15, 0.2) is 48.5 Å². The van der Waals surface area contributed by atoms with Crippen molar-refractivity contribution in [2.24, 2.45) is 0 Å². The van der Waals surface area contributed by atoms with Gasteiger partial charge in [-0.1, -0.05) is 57.9 Å². The first kappa shape index (κ1) is 13.1. The van der Waals surface area contributed by atoms with Gasteiger partial charge in [0.15, 0.2) is 0 Å². The van der Waals surface area contributed by atoms with Gasteiger partial charge in [-0.25, -0.2) is 4.79 Å². The maximum atomic E-state index is 11.2. The summed E-state index contributed by atoms with van der Waals surface area (Å²) < 4.78 is 0. The van der Waals surface area contributed by atoms with E-state index in [1.807, 2.05) is 18.2 Å². The van der Waals surface area contributed by atoms with Crippen LogP contribution in [0.2, 0.25) is 5.02 Å². The number of hydrogen-bond acceptors (Lipinski definition) is 1. The number of carboxylic acids is 1. The van der Waals surface area contributed by atoms with Gasteiger partial charge in [-0.2, -0.15) is 0 Å². The monoisotopic (exact) mass is 324 g/mol. The van der Waals surface area contributed by atoms with Crippen molar-refractivity contribution >= 4 is 33.5 Å². The van der Waals surface area contributed by atoms with Crippen LogP contribution in [0.1, 0.15) is 26.3 Å². The molecule has 18 heavy (non-hydrogen) atoms. The lowest BCUT2D eigenvalue weighted by Crippen LogP contribution is -2.04. The molecule has 2 aromatic carbocycles. The van der Waals surface area contributed by atoms with Gasteiger partial charge in [0.1, 0.15) is 0 Å². The average Bonchev–Trinajstić information content (AvgIpc) is 2.39. The lowest BCUT2D eigenvalue weighted by molar-refractivity contribution is 0.0696. The normalized spacial score (nSPS) is 12.1. The predicted molar refractivity (Wildman–Crippen MR) is 75.6 cm³/mol. The highest BCUT2D eigenvalue weighted by atomic mass is 79.9. The summed E-state index contributed by atoms with van der Waals surface area (Å²) in [7, 11) is 0. The molecule has 1 atom stereocenters. The molecule has 0 fully saturated rings. The van der Waals surface area contributed by atoms with Crippen molar-refractivity contribution in [3.8, 4) is 0 Å². The molecule has 4 heteroatoms. The Morgan fingerprint density at radius 2 is 1.72 bits per heavy atom. The van der Waals surface area contributed by atoms with Crippen LogP contribution in [-0.4, -0.2) is 11.1 Å². The second-order valence-corrected chi connectivity index (χ2v) is 5.16. The molecule has 0 aliphatic heterocycles. The van der Waals surface area contributed by atoms with E-state index in [-0.39, 0.29) is 4.83 Å². The molecule has 0 heterocycles. The number of alkyl halides is 1. The number of carboxylic acid groups (broad SMARTS) is 1. The van der Waals surface area contributed by atoms with Crippen LogP contribution in [0, 0.1) is 0 Å². The summed E-state index contributed by atoms with van der Waals surface area (Å²) in [5.74, 6) is -0.927. The van der Waals surface area contributed by atoms with Crippen molar-refractivity contribution < 1.29 is 9.90 Å². The molecule has 1 N–H and O–H groups in total. The zero-order chi connectivity index (χ0) is 13.1. The van der Waals surface area contributed by atoms with Crippen molar-refractivity contribution in [2.75, 3.05) is 0 Å². The summed E-state index contributed by atoms with van der Waals surface area (Å²) >= 11 is 9.37. The standard InChI is InChI=1S/C14H10BrClO2/c15-13(9-5-7-10(16)8-6-9)11-3-1-2-4-12(11)14(17)18/h1-8,13H,(H,17,18)/t13-/m0/s1. The number of carbonyl (C=O) groups is 1. The molecule has 0 spiro atoms. The molecule has 0 unspecified atom stereocenters. The first-order valence-electron chi connectivity index (χ1n) is 5.31. The molecular weight excluding hydrogens is 316 g/mol. The Labute approximate surface area is 118 Å². The number of benzene rings is 2. The second kappa shape index (κ2) is 5.55. The van der Waals surface area contributed by atoms with Crippen molar-refractivity contribution in [1.29, 1.82) is 0 Å². The third-order valence-electron chi connectivity index (χ3n) is 2.63. The summed E-state index contributed by atoms with van der Waals surface area (Å²) in [5, 5.41) is 9.82. The molecule has 0 aromatic heterocycles. The fourth-order valence-corrected chi connectivity index (χ4v) is 2.55. The number of halogens is 2. The first-order chi connectivity index (χ1) is 8.59. The van der Waals surface area contributed by atoms with Crippen LogP contribution >= 0.6 is 27.5 Å². The highest BCUT2D eigenvalue weighted by Gasteiger charge is 2.17. The topological polar surface area (TPSA) is 37.3 Å². The molecule has 0 amide bonds. The number of aromatic carboxylic acids is 1. The van der Waals surface area contributed by atoms with Crippen molar-refractivity contribution in [2.45, 2.75) is 4.83 Å². The minimum atomic E-state index is -0.927. The fraction of sp³-hybridized carbons (Fsp3) is 0.0714. The molecular formula is C14H10BrClO2. The van der Waals surface area contributed by atoms with E-state index in [9.17, 15) is 4.79 Å². The van der Waals surface area contributed by atoms with Crippen molar-refractivity contribution in [1.82, 2.24) is 0 Å². The Bertz CT molecular complexity index is 566. The van der Waals surface area contributed by atoms with Crippen LogP contribution in [-0.2, 0) is 0 Å². The minimum absolute atomic E-state index is 0.165. The summed E-state index contributed by atoms with van der Waals surface area (Å²) in [4.78, 5) is 11.0. The summed E-state index contributed by atoms with van der Waals surface area (Å²) in [6.07, 6.45) is 0. The summed E-state index contributed by atoms with van der Waals surface area (Å²) in [5.41, 5.74) is 2.00. The Balaban J connectivity index is 2.42. The summed E-state index contributed by atoms with van der Waals surface area (Å²) in [6, 6.07) is 14.3. The second-order valence-electron chi connectivity index (χ2n) is 3.81. The Kier molecular flexibility index (Phi) is 4.04. The van der Waals surface area contributed by atoms with E-state index in [0.717, 1.165) is 11.1 Å².